The first-order chi connectivity index (χ1) is 14.6. The fraction of sp³-hybridized carbons (Fsp3) is 0.273. The number of hydrogen-bond acceptors (Lipinski definition) is 5. The van der Waals surface area contributed by atoms with Crippen LogP contribution in [-0.2, 0) is 4.79 Å². The molecule has 4 rings (SSSR count). The third-order valence-corrected chi connectivity index (χ3v) is 6.30. The number of anilines is 1. The smallest absolute Gasteiger partial charge is 0.279 e. The van der Waals surface area contributed by atoms with Gasteiger partial charge in [0.05, 0.1) is 6.20 Å². The lowest BCUT2D eigenvalue weighted by Crippen LogP contribution is -2.46. The Morgan fingerprint density at radius 3 is 2.53 bits per heavy atom. The number of benzene rings is 1. The Morgan fingerprint density at radius 1 is 1.13 bits per heavy atom. The molecule has 0 radical (unpaired) electrons. The van der Waals surface area contributed by atoms with E-state index >= 15 is 0 Å². The van der Waals surface area contributed by atoms with Crippen LogP contribution < -0.4 is 10.2 Å². The summed E-state index contributed by atoms with van der Waals surface area (Å²) < 4.78 is 0. The van der Waals surface area contributed by atoms with Crippen molar-refractivity contribution in [3.05, 3.63) is 76.0 Å². The molecule has 1 saturated carbocycles. The summed E-state index contributed by atoms with van der Waals surface area (Å²) >= 11 is 7.50. The molecule has 3 aromatic rings. The highest BCUT2D eigenvalue weighted by Crippen LogP contribution is 2.33. The second-order valence-corrected chi connectivity index (χ2v) is 8.57. The summed E-state index contributed by atoms with van der Waals surface area (Å²) in [5.41, 5.74) is 0.734. The van der Waals surface area contributed by atoms with Crippen molar-refractivity contribution in [1.29, 1.82) is 0 Å². The maximum Gasteiger partial charge on any atom is 0.279 e. The van der Waals surface area contributed by atoms with Crippen LogP contribution in [-0.4, -0.2) is 27.8 Å². The molecule has 1 aliphatic rings. The largest absolute Gasteiger partial charge is 0.351 e. The van der Waals surface area contributed by atoms with E-state index in [9.17, 15) is 9.59 Å². The van der Waals surface area contributed by atoms with E-state index < -0.39 is 11.9 Å². The SMILES string of the molecule is O=C(NC1CCCC1)C(c1cccs1)N(C(=O)c1cnccn1)c1ccc(Cl)cc1. The number of thiophene rings is 1. The maximum absolute atomic E-state index is 13.5. The van der Waals surface area contributed by atoms with Crippen molar-refractivity contribution >= 4 is 40.4 Å². The average Bonchev–Trinajstić information content (AvgIpc) is 3.47. The zero-order valence-electron chi connectivity index (χ0n) is 16.2. The molecule has 1 fully saturated rings. The van der Waals surface area contributed by atoms with Gasteiger partial charge in [-0.15, -0.1) is 11.3 Å². The van der Waals surface area contributed by atoms with Gasteiger partial charge in [-0.25, -0.2) is 4.98 Å². The Kier molecular flexibility index (Phi) is 6.40. The first kappa shape index (κ1) is 20.5. The Morgan fingerprint density at radius 2 is 1.90 bits per heavy atom. The Balaban J connectivity index is 1.77. The molecule has 30 heavy (non-hydrogen) atoms. The van der Waals surface area contributed by atoms with E-state index in [-0.39, 0.29) is 17.6 Å². The molecule has 0 spiro atoms. The highest BCUT2D eigenvalue weighted by Gasteiger charge is 2.36. The predicted molar refractivity (Wildman–Crippen MR) is 118 cm³/mol. The summed E-state index contributed by atoms with van der Waals surface area (Å²) in [4.78, 5) is 37.4. The van der Waals surface area contributed by atoms with Crippen LogP contribution in [0.15, 0.2) is 60.4 Å². The number of halogens is 1. The molecule has 154 valence electrons. The molecule has 1 aliphatic carbocycles. The van der Waals surface area contributed by atoms with Gasteiger partial charge in [-0.1, -0.05) is 30.5 Å². The van der Waals surface area contributed by atoms with Gasteiger partial charge in [0.1, 0.15) is 5.69 Å². The predicted octanol–water partition coefficient (Wildman–Crippen LogP) is 4.64. The number of rotatable bonds is 6. The highest BCUT2D eigenvalue weighted by molar-refractivity contribution is 7.10. The van der Waals surface area contributed by atoms with Gasteiger partial charge in [0.15, 0.2) is 6.04 Å². The molecule has 0 saturated heterocycles. The van der Waals surface area contributed by atoms with Gasteiger partial charge in [0.25, 0.3) is 5.91 Å². The quantitative estimate of drug-likeness (QED) is 0.606. The minimum atomic E-state index is -0.818. The normalized spacial score (nSPS) is 15.0. The zero-order chi connectivity index (χ0) is 20.9. The molecular formula is C22H21ClN4O2S. The standard InChI is InChI=1S/C22H21ClN4O2S/c23-15-7-9-17(10-8-15)27(22(29)18-14-24-11-12-25-18)20(19-6-3-13-30-19)21(28)26-16-4-1-2-5-16/h3,6-14,16,20H,1-2,4-5H2,(H,26,28). The molecule has 2 amide bonds. The summed E-state index contributed by atoms with van der Waals surface area (Å²) in [5, 5.41) is 5.60. The van der Waals surface area contributed by atoms with Gasteiger partial charge in [-0.05, 0) is 48.6 Å². The molecule has 1 N–H and O–H groups in total. The molecule has 0 aliphatic heterocycles. The van der Waals surface area contributed by atoms with Crippen LogP contribution in [0.5, 0.6) is 0 Å². The monoisotopic (exact) mass is 440 g/mol. The molecule has 2 aromatic heterocycles. The van der Waals surface area contributed by atoms with Crippen LogP contribution in [0.2, 0.25) is 5.02 Å². The number of nitrogens with one attached hydrogen (secondary N) is 1. The van der Waals surface area contributed by atoms with Gasteiger partial charge < -0.3 is 5.32 Å². The topological polar surface area (TPSA) is 75.2 Å². The molecule has 8 heteroatoms. The van der Waals surface area contributed by atoms with Crippen molar-refractivity contribution in [2.24, 2.45) is 0 Å². The van der Waals surface area contributed by atoms with E-state index in [1.807, 2.05) is 17.5 Å². The number of carbonyl (C=O) groups excluding carboxylic acids is 2. The van der Waals surface area contributed by atoms with Crippen molar-refractivity contribution in [2.75, 3.05) is 4.90 Å². The van der Waals surface area contributed by atoms with E-state index in [1.165, 1.54) is 34.8 Å². The molecule has 1 atom stereocenters. The second kappa shape index (κ2) is 9.36. The summed E-state index contributed by atoms with van der Waals surface area (Å²) in [6, 6.07) is 9.95. The van der Waals surface area contributed by atoms with E-state index in [0.29, 0.717) is 10.7 Å². The minimum Gasteiger partial charge on any atom is -0.351 e. The number of amides is 2. The highest BCUT2D eigenvalue weighted by atomic mass is 35.5. The van der Waals surface area contributed by atoms with E-state index in [0.717, 1.165) is 30.6 Å². The van der Waals surface area contributed by atoms with Crippen molar-refractivity contribution in [3.63, 3.8) is 0 Å². The first-order valence-corrected chi connectivity index (χ1v) is 11.1. The fourth-order valence-corrected chi connectivity index (χ4v) is 4.63. The lowest BCUT2D eigenvalue weighted by Gasteiger charge is -2.31. The molecule has 0 bridgehead atoms. The number of hydrogen-bond donors (Lipinski definition) is 1. The van der Waals surface area contributed by atoms with Gasteiger partial charge in [-0.3, -0.25) is 19.5 Å². The van der Waals surface area contributed by atoms with Crippen molar-refractivity contribution in [2.45, 2.75) is 37.8 Å². The Labute approximate surface area is 183 Å². The molecule has 6 nitrogen and oxygen atoms in total. The minimum absolute atomic E-state index is 0.138. The molecule has 1 aromatic carbocycles. The lowest BCUT2D eigenvalue weighted by atomic mass is 10.1. The summed E-state index contributed by atoms with van der Waals surface area (Å²) in [6.07, 6.45) is 8.51. The average molecular weight is 441 g/mol. The maximum atomic E-state index is 13.5. The Bertz CT molecular complexity index is 990. The van der Waals surface area contributed by atoms with Gasteiger partial charge in [0, 0.05) is 34.0 Å². The molecule has 1 unspecified atom stereocenters. The van der Waals surface area contributed by atoms with E-state index in [4.69, 9.17) is 11.6 Å². The summed E-state index contributed by atoms with van der Waals surface area (Å²) in [5.74, 6) is -0.595. The van der Waals surface area contributed by atoms with Crippen LogP contribution >= 0.6 is 22.9 Å². The van der Waals surface area contributed by atoms with Crippen molar-refractivity contribution in [1.82, 2.24) is 15.3 Å². The number of nitrogens with zero attached hydrogens (tertiary/aromatic N) is 3. The summed E-state index contributed by atoms with van der Waals surface area (Å²) in [7, 11) is 0. The Hall–Kier alpha value is -2.77. The number of aromatic nitrogens is 2. The number of carbonyl (C=O) groups is 2. The first-order valence-electron chi connectivity index (χ1n) is 9.82. The van der Waals surface area contributed by atoms with Crippen molar-refractivity contribution in [3.8, 4) is 0 Å². The lowest BCUT2D eigenvalue weighted by molar-refractivity contribution is -0.123. The molecular weight excluding hydrogens is 420 g/mol. The van der Waals surface area contributed by atoms with Crippen LogP contribution in [0.1, 0.15) is 47.1 Å². The van der Waals surface area contributed by atoms with Crippen LogP contribution in [0.25, 0.3) is 0 Å². The van der Waals surface area contributed by atoms with Gasteiger partial charge >= 0.3 is 0 Å². The third kappa shape index (κ3) is 4.52. The zero-order valence-corrected chi connectivity index (χ0v) is 17.8. The van der Waals surface area contributed by atoms with Crippen LogP contribution in [0, 0.1) is 0 Å². The third-order valence-electron chi connectivity index (χ3n) is 5.13. The van der Waals surface area contributed by atoms with Crippen LogP contribution in [0.4, 0.5) is 5.69 Å². The fourth-order valence-electron chi connectivity index (χ4n) is 3.69. The van der Waals surface area contributed by atoms with Gasteiger partial charge in [-0.2, -0.15) is 0 Å². The van der Waals surface area contributed by atoms with E-state index in [2.05, 4.69) is 15.3 Å². The van der Waals surface area contributed by atoms with E-state index in [1.54, 1.807) is 24.3 Å². The van der Waals surface area contributed by atoms with Gasteiger partial charge in [0.2, 0.25) is 5.91 Å². The van der Waals surface area contributed by atoms with Crippen LogP contribution in [0.3, 0.4) is 0 Å². The second-order valence-electron chi connectivity index (χ2n) is 7.15. The van der Waals surface area contributed by atoms with Crippen molar-refractivity contribution < 1.29 is 9.59 Å². The molecule has 2 heterocycles. The summed E-state index contributed by atoms with van der Waals surface area (Å²) in [6.45, 7) is 0.